The fourth-order valence-electron chi connectivity index (χ4n) is 1.35. The second-order valence-electron chi connectivity index (χ2n) is 3.41. The van der Waals surface area contributed by atoms with Crippen molar-refractivity contribution in [1.82, 2.24) is 0 Å². The highest BCUT2D eigenvalue weighted by Gasteiger charge is 2.06. The first-order chi connectivity index (χ1) is 8.20. The van der Waals surface area contributed by atoms with E-state index in [-0.39, 0.29) is 0 Å². The van der Waals surface area contributed by atoms with Gasteiger partial charge in [-0.3, -0.25) is 0 Å². The maximum atomic E-state index is 6.02. The molecule has 0 amide bonds. The zero-order valence-electron chi connectivity index (χ0n) is 8.95. The van der Waals surface area contributed by atoms with Crippen molar-refractivity contribution in [3.05, 3.63) is 50.1 Å². The summed E-state index contributed by atoms with van der Waals surface area (Å²) in [7, 11) is 0. The zero-order valence-corrected chi connectivity index (χ0v) is 11.3. The van der Waals surface area contributed by atoms with E-state index in [4.69, 9.17) is 33.7 Å². The lowest BCUT2D eigenvalue weighted by molar-refractivity contribution is 0.310. The van der Waals surface area contributed by atoms with Crippen molar-refractivity contribution in [2.24, 2.45) is 5.73 Å². The number of hydrogen-bond acceptors (Lipinski definition) is 3. The third-order valence-corrected chi connectivity index (χ3v) is 4.09. The van der Waals surface area contributed by atoms with Gasteiger partial charge in [-0.1, -0.05) is 29.3 Å². The van der Waals surface area contributed by atoms with Gasteiger partial charge in [-0.25, -0.2) is 0 Å². The maximum Gasteiger partial charge on any atom is 0.139 e. The Balaban J connectivity index is 2.04. The Morgan fingerprint density at radius 1 is 1.12 bits per heavy atom. The van der Waals surface area contributed by atoms with Gasteiger partial charge >= 0.3 is 0 Å². The molecule has 0 unspecified atom stereocenters. The molecule has 0 aliphatic rings. The molecule has 0 saturated heterocycles. The van der Waals surface area contributed by atoms with E-state index in [9.17, 15) is 0 Å². The molecule has 1 heterocycles. The fraction of sp³-hybridized carbons (Fsp3) is 0.167. The van der Waals surface area contributed by atoms with Gasteiger partial charge in [0.2, 0.25) is 0 Å². The minimum atomic E-state index is 0.449. The average molecular weight is 288 g/mol. The predicted molar refractivity (Wildman–Crippen MR) is 73.0 cm³/mol. The van der Waals surface area contributed by atoms with E-state index in [2.05, 4.69) is 0 Å². The standard InChI is InChI=1S/C12H11Cl2NOS/c13-10-2-1-3-11(12(10)14)16-7-9-5-4-8(6-15)17-9/h1-5H,6-7,15H2. The van der Waals surface area contributed by atoms with Gasteiger partial charge in [-0.05, 0) is 24.3 Å². The number of hydrogen-bond donors (Lipinski definition) is 1. The number of thiophene rings is 1. The van der Waals surface area contributed by atoms with Gasteiger partial charge in [0, 0.05) is 16.3 Å². The van der Waals surface area contributed by atoms with Crippen molar-refractivity contribution in [2.45, 2.75) is 13.2 Å². The molecule has 2 aromatic rings. The summed E-state index contributed by atoms with van der Waals surface area (Å²) < 4.78 is 5.61. The van der Waals surface area contributed by atoms with Crippen molar-refractivity contribution in [3.63, 3.8) is 0 Å². The smallest absolute Gasteiger partial charge is 0.139 e. The molecule has 2 nitrogen and oxygen atoms in total. The monoisotopic (exact) mass is 287 g/mol. The summed E-state index contributed by atoms with van der Waals surface area (Å²) in [6.07, 6.45) is 0. The molecule has 0 radical (unpaired) electrons. The van der Waals surface area contributed by atoms with E-state index in [1.807, 2.05) is 18.2 Å². The Morgan fingerprint density at radius 3 is 2.59 bits per heavy atom. The van der Waals surface area contributed by atoms with Crippen molar-refractivity contribution in [2.75, 3.05) is 0 Å². The largest absolute Gasteiger partial charge is 0.486 e. The quantitative estimate of drug-likeness (QED) is 0.919. The Labute approximate surface area is 114 Å². The van der Waals surface area contributed by atoms with Gasteiger partial charge in [0.1, 0.15) is 17.4 Å². The van der Waals surface area contributed by atoms with Crippen LogP contribution in [0.2, 0.25) is 10.0 Å². The summed E-state index contributed by atoms with van der Waals surface area (Å²) in [6.45, 7) is 1.04. The van der Waals surface area contributed by atoms with Crippen LogP contribution >= 0.6 is 34.5 Å². The second-order valence-corrected chi connectivity index (χ2v) is 5.45. The molecule has 1 aromatic carbocycles. The van der Waals surface area contributed by atoms with E-state index in [0.29, 0.717) is 28.9 Å². The van der Waals surface area contributed by atoms with Gasteiger partial charge in [-0.2, -0.15) is 0 Å². The highest BCUT2D eigenvalue weighted by atomic mass is 35.5. The lowest BCUT2D eigenvalue weighted by atomic mass is 10.3. The Kier molecular flexibility index (Phi) is 4.29. The minimum absolute atomic E-state index is 0.449. The fourth-order valence-corrected chi connectivity index (χ4v) is 2.51. The van der Waals surface area contributed by atoms with Gasteiger partial charge < -0.3 is 10.5 Å². The normalized spacial score (nSPS) is 10.5. The Morgan fingerprint density at radius 2 is 1.88 bits per heavy atom. The van der Waals surface area contributed by atoms with Crippen LogP contribution in [0.4, 0.5) is 0 Å². The summed E-state index contributed by atoms with van der Waals surface area (Å²) in [4.78, 5) is 2.25. The van der Waals surface area contributed by atoms with Gasteiger partial charge in [-0.15, -0.1) is 11.3 Å². The minimum Gasteiger partial charge on any atom is -0.486 e. The first-order valence-electron chi connectivity index (χ1n) is 5.05. The number of nitrogens with two attached hydrogens (primary N) is 1. The summed E-state index contributed by atoms with van der Waals surface area (Å²) in [6, 6.07) is 9.34. The number of halogens is 2. The van der Waals surface area contributed by atoms with Crippen LogP contribution in [-0.2, 0) is 13.2 Å². The third-order valence-electron chi connectivity index (χ3n) is 2.20. The molecule has 0 atom stereocenters. The van der Waals surface area contributed by atoms with Gasteiger partial charge in [0.15, 0.2) is 0 Å². The maximum absolute atomic E-state index is 6.02. The van der Waals surface area contributed by atoms with Crippen molar-refractivity contribution >= 4 is 34.5 Å². The first kappa shape index (κ1) is 12.7. The van der Waals surface area contributed by atoms with E-state index < -0.39 is 0 Å². The molecule has 0 aliphatic heterocycles. The van der Waals surface area contributed by atoms with Crippen molar-refractivity contribution < 1.29 is 4.74 Å². The Hall–Kier alpha value is -0.740. The van der Waals surface area contributed by atoms with E-state index in [1.165, 1.54) is 0 Å². The molecule has 5 heteroatoms. The molecule has 2 rings (SSSR count). The van der Waals surface area contributed by atoms with Crippen molar-refractivity contribution in [1.29, 1.82) is 0 Å². The highest BCUT2D eigenvalue weighted by molar-refractivity contribution is 7.11. The second kappa shape index (κ2) is 5.74. The molecule has 0 bridgehead atoms. The third kappa shape index (κ3) is 3.13. The Bertz CT molecular complexity index is 513. The number of ether oxygens (including phenoxy) is 1. The van der Waals surface area contributed by atoms with Crippen LogP contribution in [-0.4, -0.2) is 0 Å². The van der Waals surface area contributed by atoms with E-state index >= 15 is 0 Å². The lowest BCUT2D eigenvalue weighted by Gasteiger charge is -2.07. The van der Waals surface area contributed by atoms with Gasteiger partial charge in [0.25, 0.3) is 0 Å². The summed E-state index contributed by atoms with van der Waals surface area (Å²) >= 11 is 13.6. The van der Waals surface area contributed by atoms with Crippen LogP contribution in [0.5, 0.6) is 5.75 Å². The first-order valence-corrected chi connectivity index (χ1v) is 6.62. The van der Waals surface area contributed by atoms with Crippen molar-refractivity contribution in [3.8, 4) is 5.75 Å². The molecule has 0 aliphatic carbocycles. The highest BCUT2D eigenvalue weighted by Crippen LogP contribution is 2.32. The topological polar surface area (TPSA) is 35.2 Å². The molecule has 2 N–H and O–H groups in total. The van der Waals surface area contributed by atoms with Crippen LogP contribution in [0.1, 0.15) is 9.75 Å². The molecular formula is C12H11Cl2NOS. The predicted octanol–water partition coefficient (Wildman–Crippen LogP) is 4.09. The number of rotatable bonds is 4. The van der Waals surface area contributed by atoms with Crippen LogP contribution in [0.3, 0.4) is 0 Å². The molecule has 90 valence electrons. The van der Waals surface area contributed by atoms with Crippen LogP contribution < -0.4 is 10.5 Å². The zero-order chi connectivity index (χ0) is 12.3. The molecule has 17 heavy (non-hydrogen) atoms. The lowest BCUT2D eigenvalue weighted by Crippen LogP contribution is -1.94. The molecule has 0 fully saturated rings. The van der Waals surface area contributed by atoms with Crippen LogP contribution in [0.15, 0.2) is 30.3 Å². The SMILES string of the molecule is NCc1ccc(COc2cccc(Cl)c2Cl)s1. The number of benzene rings is 1. The molecule has 1 aromatic heterocycles. The van der Waals surface area contributed by atoms with E-state index in [0.717, 1.165) is 9.75 Å². The van der Waals surface area contributed by atoms with Gasteiger partial charge in [0.05, 0.1) is 5.02 Å². The summed E-state index contributed by atoms with van der Waals surface area (Å²) in [5.74, 6) is 0.599. The van der Waals surface area contributed by atoms with E-state index in [1.54, 1.807) is 23.5 Å². The molecule has 0 saturated carbocycles. The molecular weight excluding hydrogens is 277 g/mol. The summed E-state index contributed by atoms with van der Waals surface area (Å²) in [5.41, 5.74) is 5.55. The van der Waals surface area contributed by atoms with Crippen LogP contribution in [0, 0.1) is 0 Å². The average Bonchev–Trinajstić information content (AvgIpc) is 2.79. The molecule has 0 spiro atoms. The summed E-state index contributed by atoms with van der Waals surface area (Å²) in [5, 5.41) is 0.947. The van der Waals surface area contributed by atoms with Crippen LogP contribution in [0.25, 0.3) is 0 Å².